The van der Waals surface area contributed by atoms with Gasteiger partial charge in [0.25, 0.3) is 0 Å². The maximum absolute atomic E-state index is 12.2. The van der Waals surface area contributed by atoms with E-state index in [1.165, 1.54) is 5.56 Å². The molecule has 31 heavy (non-hydrogen) atoms. The van der Waals surface area contributed by atoms with Gasteiger partial charge in [-0.2, -0.15) is 0 Å². The highest BCUT2D eigenvalue weighted by Gasteiger charge is 2.11. The average molecular weight is 418 g/mol. The quantitative estimate of drug-likeness (QED) is 0.359. The van der Waals surface area contributed by atoms with Crippen LogP contribution in [0.4, 0.5) is 0 Å². The second-order valence-electron chi connectivity index (χ2n) is 7.52. The summed E-state index contributed by atoms with van der Waals surface area (Å²) in [7, 11) is 0. The van der Waals surface area contributed by atoms with E-state index in [0.29, 0.717) is 23.0 Å². The van der Waals surface area contributed by atoms with E-state index in [-0.39, 0.29) is 13.2 Å². The minimum Gasteiger partial charge on any atom is -0.482 e. The molecule has 0 saturated carbocycles. The van der Waals surface area contributed by atoms with Gasteiger partial charge >= 0.3 is 11.9 Å². The zero-order valence-electron chi connectivity index (χ0n) is 18.0. The Bertz CT molecular complexity index is 1020. The number of carbonyl (C=O) groups is 2. The number of carbonyl (C=O) groups excluding carboxylic acids is 2. The summed E-state index contributed by atoms with van der Waals surface area (Å²) in [4.78, 5) is 24.2. The third-order valence-electron chi connectivity index (χ3n) is 4.75. The normalized spacial score (nSPS) is 10.6. The van der Waals surface area contributed by atoms with Crippen LogP contribution >= 0.6 is 0 Å². The fraction of sp³-hybridized carbons (Fsp3) is 0.231. The molecule has 0 spiro atoms. The van der Waals surface area contributed by atoms with Crippen LogP contribution in [-0.2, 0) is 16.1 Å². The van der Waals surface area contributed by atoms with Crippen molar-refractivity contribution in [3.63, 3.8) is 0 Å². The second-order valence-corrected chi connectivity index (χ2v) is 7.52. The molecular formula is C26H26O5. The molecular weight excluding hydrogens is 392 g/mol. The van der Waals surface area contributed by atoms with Crippen molar-refractivity contribution in [2.24, 2.45) is 0 Å². The number of ether oxygens (including phenoxy) is 3. The molecule has 0 N–H and O–H groups in total. The van der Waals surface area contributed by atoms with Crippen LogP contribution in [0.15, 0.2) is 72.8 Å². The lowest BCUT2D eigenvalue weighted by Gasteiger charge is -2.12. The molecule has 3 aromatic carbocycles. The Hall–Kier alpha value is -3.60. The number of aryl methyl sites for hydroxylation is 1. The van der Waals surface area contributed by atoms with Gasteiger partial charge in [-0.25, -0.2) is 9.59 Å². The molecule has 0 aromatic heterocycles. The first kappa shape index (κ1) is 22.1. The summed E-state index contributed by atoms with van der Waals surface area (Å²) in [5, 5.41) is 0. The Labute approximate surface area is 182 Å². The monoisotopic (exact) mass is 418 g/mol. The van der Waals surface area contributed by atoms with Crippen molar-refractivity contribution in [1.29, 1.82) is 0 Å². The summed E-state index contributed by atoms with van der Waals surface area (Å²) in [6.07, 6.45) is 0. The van der Waals surface area contributed by atoms with Gasteiger partial charge in [0, 0.05) is 0 Å². The van der Waals surface area contributed by atoms with Gasteiger partial charge in [-0.3, -0.25) is 0 Å². The van der Waals surface area contributed by atoms with E-state index < -0.39 is 11.9 Å². The molecule has 0 saturated heterocycles. The zero-order chi connectivity index (χ0) is 22.2. The highest BCUT2D eigenvalue weighted by Crippen LogP contribution is 2.23. The summed E-state index contributed by atoms with van der Waals surface area (Å²) in [5.41, 5.74) is 3.66. The number of hydrogen-bond donors (Lipinski definition) is 0. The summed E-state index contributed by atoms with van der Waals surface area (Å²) in [6.45, 7) is 6.28. The molecule has 5 nitrogen and oxygen atoms in total. The summed E-state index contributed by atoms with van der Waals surface area (Å²) in [5.74, 6) is 0.419. The third-order valence-corrected chi connectivity index (χ3v) is 4.75. The molecule has 0 radical (unpaired) electrons. The van der Waals surface area contributed by atoms with Crippen molar-refractivity contribution in [3.05, 3.63) is 95.1 Å². The van der Waals surface area contributed by atoms with Gasteiger partial charge in [-0.1, -0.05) is 50.2 Å². The Balaban J connectivity index is 1.48. The minimum atomic E-state index is -0.523. The van der Waals surface area contributed by atoms with Gasteiger partial charge in [0.1, 0.15) is 18.1 Å². The molecule has 3 aromatic rings. The number of rotatable bonds is 8. The molecule has 0 bridgehead atoms. The van der Waals surface area contributed by atoms with Crippen molar-refractivity contribution >= 4 is 11.9 Å². The predicted molar refractivity (Wildman–Crippen MR) is 118 cm³/mol. The molecule has 0 heterocycles. The average Bonchev–Trinajstić information content (AvgIpc) is 2.77. The van der Waals surface area contributed by atoms with Crippen LogP contribution < -0.4 is 9.47 Å². The first-order valence-corrected chi connectivity index (χ1v) is 10.2. The highest BCUT2D eigenvalue weighted by atomic mass is 16.6. The number of benzene rings is 3. The van der Waals surface area contributed by atoms with E-state index in [0.717, 1.165) is 11.1 Å². The maximum Gasteiger partial charge on any atom is 0.349 e. The van der Waals surface area contributed by atoms with Gasteiger partial charge < -0.3 is 14.2 Å². The first-order chi connectivity index (χ1) is 14.9. The predicted octanol–water partition coefficient (Wildman–Crippen LogP) is 5.46. The van der Waals surface area contributed by atoms with Gasteiger partial charge in [0.15, 0.2) is 6.61 Å². The Morgan fingerprint density at radius 3 is 2.19 bits per heavy atom. The van der Waals surface area contributed by atoms with Crippen LogP contribution in [0.3, 0.4) is 0 Å². The second kappa shape index (κ2) is 10.4. The van der Waals surface area contributed by atoms with E-state index >= 15 is 0 Å². The number of hydrogen-bond acceptors (Lipinski definition) is 5. The fourth-order valence-electron chi connectivity index (χ4n) is 3.15. The van der Waals surface area contributed by atoms with Crippen molar-refractivity contribution in [2.45, 2.75) is 33.3 Å². The summed E-state index contributed by atoms with van der Waals surface area (Å²) >= 11 is 0. The van der Waals surface area contributed by atoms with Crippen molar-refractivity contribution in [2.75, 3.05) is 6.61 Å². The van der Waals surface area contributed by atoms with E-state index in [1.807, 2.05) is 55.5 Å². The topological polar surface area (TPSA) is 61.8 Å². The lowest BCUT2D eigenvalue weighted by atomic mass is 9.98. The van der Waals surface area contributed by atoms with Crippen LogP contribution in [0.25, 0.3) is 0 Å². The van der Waals surface area contributed by atoms with Gasteiger partial charge in [-0.15, -0.1) is 0 Å². The molecule has 160 valence electrons. The largest absolute Gasteiger partial charge is 0.482 e. The SMILES string of the molecule is Cc1cc(OCC(=O)Oc2ccc(C(=O)OCc3ccccc3)cc2)ccc1C(C)C. The van der Waals surface area contributed by atoms with E-state index in [4.69, 9.17) is 14.2 Å². The molecule has 0 atom stereocenters. The molecule has 0 aliphatic heterocycles. The van der Waals surface area contributed by atoms with Crippen LogP contribution in [0.5, 0.6) is 11.5 Å². The third kappa shape index (κ3) is 6.44. The van der Waals surface area contributed by atoms with Crippen molar-refractivity contribution < 1.29 is 23.8 Å². The summed E-state index contributed by atoms with van der Waals surface area (Å²) < 4.78 is 16.1. The van der Waals surface area contributed by atoms with Crippen molar-refractivity contribution in [3.8, 4) is 11.5 Å². The molecule has 0 amide bonds. The maximum atomic E-state index is 12.2. The highest BCUT2D eigenvalue weighted by molar-refractivity contribution is 5.89. The van der Waals surface area contributed by atoms with Crippen LogP contribution in [-0.4, -0.2) is 18.5 Å². The zero-order valence-corrected chi connectivity index (χ0v) is 18.0. The van der Waals surface area contributed by atoms with E-state index in [2.05, 4.69) is 13.8 Å². The van der Waals surface area contributed by atoms with Gasteiger partial charge in [-0.05, 0) is 65.9 Å². The smallest absolute Gasteiger partial charge is 0.349 e. The molecule has 0 fully saturated rings. The lowest BCUT2D eigenvalue weighted by molar-refractivity contribution is -0.136. The van der Waals surface area contributed by atoms with Crippen LogP contribution in [0.1, 0.15) is 46.8 Å². The lowest BCUT2D eigenvalue weighted by Crippen LogP contribution is -2.17. The molecule has 3 rings (SSSR count). The first-order valence-electron chi connectivity index (χ1n) is 10.2. The standard InChI is InChI=1S/C26H26O5/c1-18(2)24-14-13-23(15-19(24)3)29-17-25(27)31-22-11-9-21(10-12-22)26(28)30-16-20-7-5-4-6-8-20/h4-15,18H,16-17H2,1-3H3. The van der Waals surface area contributed by atoms with Gasteiger partial charge in [0.05, 0.1) is 5.56 Å². The number of esters is 2. The van der Waals surface area contributed by atoms with Crippen LogP contribution in [0, 0.1) is 6.92 Å². The summed E-state index contributed by atoms with van der Waals surface area (Å²) in [6, 6.07) is 21.5. The molecule has 0 aliphatic rings. The molecule has 0 aliphatic carbocycles. The molecule has 5 heteroatoms. The fourth-order valence-corrected chi connectivity index (χ4v) is 3.15. The minimum absolute atomic E-state index is 0.200. The molecule has 0 unspecified atom stereocenters. The van der Waals surface area contributed by atoms with Crippen molar-refractivity contribution in [1.82, 2.24) is 0 Å². The van der Waals surface area contributed by atoms with Crippen LogP contribution in [0.2, 0.25) is 0 Å². The van der Waals surface area contributed by atoms with E-state index in [9.17, 15) is 9.59 Å². The Kier molecular flexibility index (Phi) is 7.44. The van der Waals surface area contributed by atoms with E-state index in [1.54, 1.807) is 24.3 Å². The van der Waals surface area contributed by atoms with Gasteiger partial charge in [0.2, 0.25) is 0 Å². The Morgan fingerprint density at radius 2 is 1.55 bits per heavy atom. The Morgan fingerprint density at radius 1 is 0.871 bits per heavy atom.